The highest BCUT2D eigenvalue weighted by Gasteiger charge is 2.22. The molecule has 0 N–H and O–H groups in total. The zero-order valence-electron chi connectivity index (χ0n) is 13.4. The van der Waals surface area contributed by atoms with Crippen LogP contribution in [0.25, 0.3) is 27.4 Å². The maximum atomic E-state index is 9.67. The number of aromatic nitrogens is 6. The fourth-order valence-corrected chi connectivity index (χ4v) is 3.89. The number of fused-ring (bicyclic) bond motifs is 2. The Balaban J connectivity index is 0.000000385. The Labute approximate surface area is 149 Å². The molecule has 4 aromatic rings. The Morgan fingerprint density at radius 2 is 1.92 bits per heavy atom. The first-order valence-corrected chi connectivity index (χ1v) is 8.76. The van der Waals surface area contributed by atoms with Crippen molar-refractivity contribution in [3.05, 3.63) is 35.9 Å². The van der Waals surface area contributed by atoms with Gasteiger partial charge in [0.2, 0.25) is 0 Å². The summed E-state index contributed by atoms with van der Waals surface area (Å²) in [5.74, 6) is 1.99. The van der Waals surface area contributed by atoms with Gasteiger partial charge in [-0.25, -0.2) is 19.5 Å². The van der Waals surface area contributed by atoms with Crippen LogP contribution < -0.4 is 0 Å². The molecule has 134 valence electrons. The summed E-state index contributed by atoms with van der Waals surface area (Å²) in [4.78, 5) is 20.0. The van der Waals surface area contributed by atoms with Crippen LogP contribution in [0.2, 0.25) is 0 Å². The molecule has 0 aromatic carbocycles. The number of nitrogens with zero attached hydrogens (tertiary/aromatic N) is 6. The van der Waals surface area contributed by atoms with E-state index < -0.39 is 6.68 Å². The van der Waals surface area contributed by atoms with E-state index in [1.807, 2.05) is 12.4 Å². The molecule has 1 saturated carbocycles. The summed E-state index contributed by atoms with van der Waals surface area (Å²) >= 11 is 1.79. The van der Waals surface area contributed by atoms with Crippen molar-refractivity contribution in [2.24, 2.45) is 0 Å². The van der Waals surface area contributed by atoms with Crippen LogP contribution in [0.3, 0.4) is 0 Å². The summed E-state index contributed by atoms with van der Waals surface area (Å²) in [7, 11) is 0. The van der Waals surface area contributed by atoms with Gasteiger partial charge in [-0.05, 0) is 24.8 Å². The summed E-state index contributed by atoms with van der Waals surface area (Å²) < 4.78 is 30.6. The normalized spacial score (nSPS) is 14.5. The second-order valence-corrected chi connectivity index (χ2v) is 6.89. The van der Waals surface area contributed by atoms with Gasteiger partial charge in [-0.15, -0.1) is 11.3 Å². The number of hydrogen-bond donors (Lipinski definition) is 0. The Kier molecular flexibility index (Phi) is 4.49. The molecule has 4 aromatic heterocycles. The second-order valence-electron chi connectivity index (χ2n) is 5.83. The Morgan fingerprint density at radius 3 is 2.65 bits per heavy atom. The first kappa shape index (κ1) is 16.8. The molecule has 0 aliphatic heterocycles. The minimum absolute atomic E-state index is 0.577. The summed E-state index contributed by atoms with van der Waals surface area (Å²) in [5.41, 5.74) is 0.846. The van der Waals surface area contributed by atoms with Crippen molar-refractivity contribution in [1.82, 2.24) is 29.5 Å². The van der Waals surface area contributed by atoms with Gasteiger partial charge in [0, 0.05) is 28.9 Å². The van der Waals surface area contributed by atoms with Gasteiger partial charge >= 0.3 is 6.68 Å². The molecule has 6 nitrogen and oxygen atoms in total. The largest absolute Gasteiger partial charge is 0.379 e. The highest BCUT2D eigenvalue weighted by atomic mass is 32.1. The van der Waals surface area contributed by atoms with Gasteiger partial charge in [-0.3, -0.25) is 0 Å². The second kappa shape index (κ2) is 6.94. The molecule has 4 heterocycles. The van der Waals surface area contributed by atoms with Crippen LogP contribution in [0.1, 0.15) is 30.1 Å². The van der Waals surface area contributed by atoms with Crippen molar-refractivity contribution >= 4 is 27.3 Å². The molecular formula is C16H13F3N6S. The monoisotopic (exact) mass is 378 g/mol. The summed E-state index contributed by atoms with van der Waals surface area (Å²) in [6.07, 6.45) is 10.9. The lowest BCUT2D eigenvalue weighted by Gasteiger charge is -2.23. The zero-order chi connectivity index (χ0) is 18.1. The van der Waals surface area contributed by atoms with Crippen molar-refractivity contribution in [2.45, 2.75) is 31.9 Å². The van der Waals surface area contributed by atoms with Crippen LogP contribution in [0.4, 0.5) is 13.2 Å². The highest BCUT2D eigenvalue weighted by molar-refractivity contribution is 7.18. The molecule has 0 atom stereocenters. The van der Waals surface area contributed by atoms with Crippen molar-refractivity contribution in [3.63, 3.8) is 0 Å². The Bertz CT molecular complexity index is 1040. The minimum Gasteiger partial charge on any atom is -0.236 e. The van der Waals surface area contributed by atoms with Crippen LogP contribution >= 0.6 is 11.3 Å². The van der Waals surface area contributed by atoms with Crippen LogP contribution in [0, 0.1) is 0 Å². The van der Waals surface area contributed by atoms with Crippen LogP contribution in [-0.2, 0) is 0 Å². The minimum atomic E-state index is -3.67. The number of halogens is 3. The molecule has 26 heavy (non-hydrogen) atoms. The van der Waals surface area contributed by atoms with Gasteiger partial charge in [0.1, 0.15) is 11.2 Å². The van der Waals surface area contributed by atoms with E-state index in [9.17, 15) is 13.2 Å². The smallest absolute Gasteiger partial charge is 0.236 e. The summed E-state index contributed by atoms with van der Waals surface area (Å²) in [5, 5.41) is 5.23. The average Bonchev–Trinajstić information content (AvgIpc) is 3.17. The van der Waals surface area contributed by atoms with Crippen LogP contribution in [-0.4, -0.2) is 36.2 Å². The summed E-state index contributed by atoms with van der Waals surface area (Å²) in [6, 6.07) is 2.24. The van der Waals surface area contributed by atoms with E-state index in [1.165, 1.54) is 30.5 Å². The number of thiophene rings is 1. The molecule has 1 fully saturated rings. The lowest BCUT2D eigenvalue weighted by atomic mass is 9.84. The van der Waals surface area contributed by atoms with Gasteiger partial charge in [0.15, 0.2) is 5.82 Å². The quantitative estimate of drug-likeness (QED) is 0.522. The summed E-state index contributed by atoms with van der Waals surface area (Å²) in [6.45, 7) is -3.67. The molecule has 0 spiro atoms. The lowest BCUT2D eigenvalue weighted by molar-refractivity contribution is 0.00819. The number of hydrogen-bond acceptors (Lipinski definition) is 6. The molecule has 0 radical (unpaired) electrons. The van der Waals surface area contributed by atoms with E-state index in [-0.39, 0.29) is 0 Å². The van der Waals surface area contributed by atoms with Gasteiger partial charge < -0.3 is 0 Å². The predicted octanol–water partition coefficient (Wildman–Crippen LogP) is 4.24. The zero-order valence-corrected chi connectivity index (χ0v) is 14.2. The van der Waals surface area contributed by atoms with Gasteiger partial charge in [0.25, 0.3) is 5.78 Å². The van der Waals surface area contributed by atoms with E-state index >= 15 is 0 Å². The van der Waals surface area contributed by atoms with E-state index in [0.717, 1.165) is 21.7 Å². The molecule has 1 aliphatic rings. The highest BCUT2D eigenvalue weighted by Crippen LogP contribution is 2.41. The van der Waals surface area contributed by atoms with E-state index in [0.29, 0.717) is 11.6 Å². The standard InChI is InChI=1S/C15H12N6S.CHF3/c1-2-9(3-1)12-4-10-5-16-13(20-14(10)22-12)11-6-17-15-18-8-19-21(15)7-11;2-1(3)4/h4-9H,1-3H2;1H. The van der Waals surface area contributed by atoms with Crippen molar-refractivity contribution in [3.8, 4) is 11.4 Å². The van der Waals surface area contributed by atoms with E-state index in [1.54, 1.807) is 22.0 Å². The molecule has 0 amide bonds. The van der Waals surface area contributed by atoms with Crippen molar-refractivity contribution < 1.29 is 13.2 Å². The van der Waals surface area contributed by atoms with Crippen LogP contribution in [0.15, 0.2) is 31.0 Å². The molecule has 5 rings (SSSR count). The third-order valence-corrected chi connectivity index (χ3v) is 5.40. The molecule has 10 heteroatoms. The van der Waals surface area contributed by atoms with Gasteiger partial charge in [-0.2, -0.15) is 23.3 Å². The van der Waals surface area contributed by atoms with Gasteiger partial charge in [0.05, 0.1) is 5.56 Å². The fraction of sp³-hybridized carbons (Fsp3) is 0.312. The van der Waals surface area contributed by atoms with Crippen LogP contribution in [0.5, 0.6) is 0 Å². The molecule has 0 saturated heterocycles. The third kappa shape index (κ3) is 3.36. The lowest BCUT2D eigenvalue weighted by Crippen LogP contribution is -2.06. The SMILES string of the molecule is FC(F)F.c1nc2ncc(-c3ncc4cc(C5CCC5)sc4n3)cn2n1. The molecular weight excluding hydrogens is 365 g/mol. The van der Waals surface area contributed by atoms with Crippen molar-refractivity contribution in [2.75, 3.05) is 0 Å². The number of rotatable bonds is 2. The molecule has 0 unspecified atom stereocenters. The Hall–Kier alpha value is -2.62. The van der Waals surface area contributed by atoms with E-state index in [2.05, 4.69) is 26.1 Å². The molecule has 1 aliphatic carbocycles. The fourth-order valence-electron chi connectivity index (χ4n) is 2.72. The number of alkyl halides is 3. The van der Waals surface area contributed by atoms with Gasteiger partial charge in [-0.1, -0.05) is 6.42 Å². The Morgan fingerprint density at radius 1 is 1.12 bits per heavy atom. The van der Waals surface area contributed by atoms with Crippen molar-refractivity contribution in [1.29, 1.82) is 0 Å². The first-order chi connectivity index (χ1) is 12.6. The predicted molar refractivity (Wildman–Crippen MR) is 90.9 cm³/mol. The topological polar surface area (TPSA) is 68.9 Å². The average molecular weight is 378 g/mol. The first-order valence-electron chi connectivity index (χ1n) is 7.94. The maximum Gasteiger partial charge on any atom is 0.379 e. The maximum absolute atomic E-state index is 9.67. The third-order valence-electron chi connectivity index (χ3n) is 4.19. The molecule has 0 bridgehead atoms. The van der Waals surface area contributed by atoms with E-state index in [4.69, 9.17) is 4.98 Å².